The van der Waals surface area contributed by atoms with Gasteiger partial charge in [-0.05, 0) is 55.5 Å². The average molecular weight is 278 g/mol. The van der Waals surface area contributed by atoms with Crippen LogP contribution >= 0.6 is 0 Å². The van der Waals surface area contributed by atoms with Gasteiger partial charge in [-0.1, -0.05) is 30.3 Å². The minimum Gasteiger partial charge on any atom is -0.316 e. The van der Waals surface area contributed by atoms with E-state index in [1.165, 1.54) is 36.9 Å². The predicted octanol–water partition coefficient (Wildman–Crippen LogP) is 3.43. The third kappa shape index (κ3) is 2.09. The first-order valence-electron chi connectivity index (χ1n) is 8.07. The zero-order chi connectivity index (χ0) is 14.2. The molecular formula is C19H22N2. The molecule has 0 saturated carbocycles. The average Bonchev–Trinajstić information content (AvgIpc) is 3.14. The molecule has 0 radical (unpaired) electrons. The number of aromatic nitrogens is 1. The smallest absolute Gasteiger partial charge is 0.0482 e. The molecule has 1 N–H and O–H groups in total. The third-order valence-electron chi connectivity index (χ3n) is 5.38. The Bertz CT molecular complexity index is 594. The first-order chi connectivity index (χ1) is 10.4. The fraction of sp³-hybridized carbons (Fsp3) is 0.421. The minimum atomic E-state index is 0.504. The van der Waals surface area contributed by atoms with Crippen LogP contribution in [-0.2, 0) is 12.8 Å². The van der Waals surface area contributed by atoms with E-state index in [2.05, 4.69) is 48.8 Å². The molecule has 0 saturated heterocycles. The highest BCUT2D eigenvalue weighted by Crippen LogP contribution is 2.43. The van der Waals surface area contributed by atoms with Crippen LogP contribution in [0.1, 0.15) is 47.1 Å². The van der Waals surface area contributed by atoms with Crippen molar-refractivity contribution in [3.8, 4) is 0 Å². The molecule has 4 rings (SSSR count). The molecule has 3 unspecified atom stereocenters. The topological polar surface area (TPSA) is 24.9 Å². The first-order valence-corrected chi connectivity index (χ1v) is 8.07. The molecular weight excluding hydrogens is 256 g/mol. The second-order valence-electron chi connectivity index (χ2n) is 6.35. The molecule has 0 aliphatic heterocycles. The summed E-state index contributed by atoms with van der Waals surface area (Å²) in [6.45, 7) is 0. The summed E-state index contributed by atoms with van der Waals surface area (Å²) in [6, 6.07) is 13.8. The fourth-order valence-corrected chi connectivity index (χ4v) is 4.44. The van der Waals surface area contributed by atoms with Gasteiger partial charge in [0.1, 0.15) is 0 Å². The Balaban J connectivity index is 1.68. The van der Waals surface area contributed by atoms with Crippen LogP contribution in [0.4, 0.5) is 0 Å². The van der Waals surface area contributed by atoms with Gasteiger partial charge < -0.3 is 5.32 Å². The van der Waals surface area contributed by atoms with E-state index in [0.717, 1.165) is 0 Å². The van der Waals surface area contributed by atoms with E-state index in [1.807, 2.05) is 6.20 Å². The van der Waals surface area contributed by atoms with Gasteiger partial charge in [0.25, 0.3) is 0 Å². The second-order valence-corrected chi connectivity index (χ2v) is 6.35. The van der Waals surface area contributed by atoms with Crippen LogP contribution in [0.5, 0.6) is 0 Å². The summed E-state index contributed by atoms with van der Waals surface area (Å²) >= 11 is 0. The van der Waals surface area contributed by atoms with E-state index in [-0.39, 0.29) is 0 Å². The van der Waals surface area contributed by atoms with Gasteiger partial charge in [0.15, 0.2) is 0 Å². The normalized spacial score (nSPS) is 24.6. The molecule has 2 aromatic rings. The van der Waals surface area contributed by atoms with E-state index in [1.54, 1.807) is 11.1 Å². The maximum absolute atomic E-state index is 4.70. The summed E-state index contributed by atoms with van der Waals surface area (Å²) in [4.78, 5) is 4.70. The van der Waals surface area contributed by atoms with Gasteiger partial charge in [-0.15, -0.1) is 0 Å². The highest BCUT2D eigenvalue weighted by atomic mass is 14.9. The monoisotopic (exact) mass is 278 g/mol. The van der Waals surface area contributed by atoms with Crippen LogP contribution in [0.25, 0.3) is 0 Å². The van der Waals surface area contributed by atoms with Gasteiger partial charge in [-0.25, -0.2) is 0 Å². The highest BCUT2D eigenvalue weighted by Gasteiger charge is 2.37. The molecule has 2 nitrogen and oxygen atoms in total. The van der Waals surface area contributed by atoms with Crippen LogP contribution in [0, 0.1) is 0 Å². The molecule has 0 bridgehead atoms. The quantitative estimate of drug-likeness (QED) is 0.930. The molecule has 3 atom stereocenters. The van der Waals surface area contributed by atoms with E-state index >= 15 is 0 Å². The molecule has 0 fully saturated rings. The van der Waals surface area contributed by atoms with Crippen LogP contribution in [-0.4, -0.2) is 18.1 Å². The Morgan fingerprint density at radius 3 is 2.67 bits per heavy atom. The summed E-state index contributed by atoms with van der Waals surface area (Å²) in [7, 11) is 2.12. The zero-order valence-corrected chi connectivity index (χ0v) is 12.5. The lowest BCUT2D eigenvalue weighted by atomic mass is 9.83. The number of benzene rings is 1. The number of fused-ring (bicyclic) bond motifs is 2. The Kier molecular flexibility index (Phi) is 3.27. The van der Waals surface area contributed by atoms with Gasteiger partial charge >= 0.3 is 0 Å². The van der Waals surface area contributed by atoms with E-state index in [4.69, 9.17) is 4.98 Å². The highest BCUT2D eigenvalue weighted by molar-refractivity contribution is 5.38. The summed E-state index contributed by atoms with van der Waals surface area (Å²) in [6.07, 6.45) is 6.85. The zero-order valence-electron chi connectivity index (χ0n) is 12.5. The Morgan fingerprint density at radius 2 is 1.76 bits per heavy atom. The lowest BCUT2D eigenvalue weighted by Gasteiger charge is -2.30. The van der Waals surface area contributed by atoms with Gasteiger partial charge in [-0.3, -0.25) is 4.98 Å². The molecule has 21 heavy (non-hydrogen) atoms. The number of hydrogen-bond acceptors (Lipinski definition) is 2. The van der Waals surface area contributed by atoms with Crippen molar-refractivity contribution in [3.05, 3.63) is 65.0 Å². The summed E-state index contributed by atoms with van der Waals surface area (Å²) < 4.78 is 0. The van der Waals surface area contributed by atoms with Crippen molar-refractivity contribution in [1.82, 2.24) is 10.3 Å². The molecule has 0 amide bonds. The van der Waals surface area contributed by atoms with Crippen molar-refractivity contribution >= 4 is 0 Å². The van der Waals surface area contributed by atoms with Gasteiger partial charge in [0.2, 0.25) is 0 Å². The maximum Gasteiger partial charge on any atom is 0.0482 e. The molecule has 2 aliphatic rings. The molecule has 1 aromatic heterocycles. The van der Waals surface area contributed by atoms with E-state index in [0.29, 0.717) is 17.9 Å². The van der Waals surface area contributed by atoms with Crippen LogP contribution in [0.3, 0.4) is 0 Å². The molecule has 1 aromatic carbocycles. The van der Waals surface area contributed by atoms with Gasteiger partial charge in [0.05, 0.1) is 0 Å². The van der Waals surface area contributed by atoms with Crippen LogP contribution in [0.2, 0.25) is 0 Å². The Labute approximate surface area is 126 Å². The summed E-state index contributed by atoms with van der Waals surface area (Å²) in [5, 5.41) is 3.63. The van der Waals surface area contributed by atoms with Crippen molar-refractivity contribution in [2.24, 2.45) is 0 Å². The number of nitrogens with one attached hydrogen (secondary N) is 1. The Hall–Kier alpha value is -1.67. The van der Waals surface area contributed by atoms with Crippen molar-refractivity contribution in [3.63, 3.8) is 0 Å². The van der Waals surface area contributed by atoms with Crippen molar-refractivity contribution in [2.75, 3.05) is 7.05 Å². The van der Waals surface area contributed by atoms with Crippen molar-refractivity contribution in [2.45, 2.75) is 43.6 Å². The standard InChI is InChI=1S/C19H22N2/c1-20-19(16-10-8-13-5-2-3-7-15(13)16)17-11-9-14-6-4-12-21-18(14)17/h2-7,12,16-17,19-20H,8-11H2,1H3. The predicted molar refractivity (Wildman–Crippen MR) is 85.7 cm³/mol. The maximum atomic E-state index is 4.70. The lowest BCUT2D eigenvalue weighted by molar-refractivity contribution is 0.383. The number of aryl methyl sites for hydroxylation is 2. The van der Waals surface area contributed by atoms with Crippen LogP contribution < -0.4 is 5.32 Å². The summed E-state index contributed by atoms with van der Waals surface area (Å²) in [5.41, 5.74) is 5.89. The first kappa shape index (κ1) is 13.0. The molecule has 2 heteroatoms. The lowest BCUT2D eigenvalue weighted by Crippen LogP contribution is -2.36. The number of nitrogens with zero attached hydrogens (tertiary/aromatic N) is 1. The molecule has 1 heterocycles. The van der Waals surface area contributed by atoms with Crippen molar-refractivity contribution < 1.29 is 0 Å². The third-order valence-corrected chi connectivity index (χ3v) is 5.38. The van der Waals surface area contributed by atoms with Crippen molar-refractivity contribution in [1.29, 1.82) is 0 Å². The van der Waals surface area contributed by atoms with Gasteiger partial charge in [-0.2, -0.15) is 0 Å². The second kappa shape index (κ2) is 5.27. The number of hydrogen-bond donors (Lipinski definition) is 1. The van der Waals surface area contributed by atoms with E-state index in [9.17, 15) is 0 Å². The molecule has 2 aliphatic carbocycles. The largest absolute Gasteiger partial charge is 0.316 e. The number of pyridine rings is 1. The van der Waals surface area contributed by atoms with Gasteiger partial charge in [0, 0.05) is 29.8 Å². The molecule has 0 spiro atoms. The van der Waals surface area contributed by atoms with Crippen LogP contribution in [0.15, 0.2) is 42.6 Å². The molecule has 108 valence electrons. The number of likely N-dealkylation sites (N-methyl/N-ethyl adjacent to an activating group) is 1. The Morgan fingerprint density at radius 1 is 1.00 bits per heavy atom. The fourth-order valence-electron chi connectivity index (χ4n) is 4.44. The minimum absolute atomic E-state index is 0.504. The SMILES string of the molecule is CNC(C1CCc2ccccc21)C1CCc2cccnc21. The summed E-state index contributed by atoms with van der Waals surface area (Å²) in [5.74, 6) is 1.19. The van der Waals surface area contributed by atoms with E-state index < -0.39 is 0 Å². The number of rotatable bonds is 3.